The van der Waals surface area contributed by atoms with Gasteiger partial charge in [-0.15, -0.1) is 11.3 Å². The maximum Gasteiger partial charge on any atom is 0.194 e. The molecule has 0 aromatic carbocycles. The largest absolute Gasteiger partial charge is 0.378 e. The van der Waals surface area contributed by atoms with Crippen molar-refractivity contribution in [2.45, 2.75) is 32.4 Å². The normalized spacial score (nSPS) is 22.9. The van der Waals surface area contributed by atoms with Crippen LogP contribution in [0.2, 0.25) is 0 Å². The number of aryl methyl sites for hydroxylation is 2. The SMILES string of the molecule is COC1(CNCc2c(C)nc3scc(C)n23)CCOC1. The van der Waals surface area contributed by atoms with Crippen molar-refractivity contribution in [1.29, 1.82) is 0 Å². The lowest BCUT2D eigenvalue weighted by Crippen LogP contribution is -2.42. The summed E-state index contributed by atoms with van der Waals surface area (Å²) in [6.45, 7) is 7.26. The quantitative estimate of drug-likeness (QED) is 0.915. The molecule has 5 nitrogen and oxygen atoms in total. The Morgan fingerprint density at radius 2 is 2.40 bits per heavy atom. The molecule has 20 heavy (non-hydrogen) atoms. The first-order valence-electron chi connectivity index (χ1n) is 6.91. The Hall–Kier alpha value is -0.950. The zero-order valence-corrected chi connectivity index (χ0v) is 13.0. The molecule has 6 heteroatoms. The number of fused-ring (bicyclic) bond motifs is 1. The van der Waals surface area contributed by atoms with E-state index in [9.17, 15) is 0 Å². The number of hydrogen-bond donors (Lipinski definition) is 1. The fourth-order valence-corrected chi connectivity index (χ4v) is 3.68. The molecule has 0 aliphatic carbocycles. The average Bonchev–Trinajstić information content (AvgIpc) is 3.11. The van der Waals surface area contributed by atoms with Gasteiger partial charge in [0.15, 0.2) is 4.96 Å². The van der Waals surface area contributed by atoms with Crippen molar-refractivity contribution in [3.8, 4) is 0 Å². The summed E-state index contributed by atoms with van der Waals surface area (Å²) >= 11 is 1.69. The number of methoxy groups -OCH3 is 1. The highest BCUT2D eigenvalue weighted by molar-refractivity contribution is 7.15. The van der Waals surface area contributed by atoms with Crippen LogP contribution >= 0.6 is 11.3 Å². The molecule has 2 aromatic rings. The molecule has 1 atom stereocenters. The van der Waals surface area contributed by atoms with Crippen LogP contribution in [0.1, 0.15) is 23.5 Å². The van der Waals surface area contributed by atoms with Crippen molar-refractivity contribution in [3.63, 3.8) is 0 Å². The number of hydrogen-bond acceptors (Lipinski definition) is 5. The number of nitrogens with one attached hydrogen (secondary N) is 1. The van der Waals surface area contributed by atoms with Gasteiger partial charge in [0.1, 0.15) is 5.60 Å². The van der Waals surface area contributed by atoms with Crippen LogP contribution in [-0.2, 0) is 16.0 Å². The molecule has 110 valence electrons. The number of imidazole rings is 1. The minimum atomic E-state index is -0.165. The Kier molecular flexibility index (Phi) is 3.81. The van der Waals surface area contributed by atoms with Crippen LogP contribution in [0.5, 0.6) is 0 Å². The Morgan fingerprint density at radius 3 is 3.10 bits per heavy atom. The van der Waals surface area contributed by atoms with Gasteiger partial charge in [-0.2, -0.15) is 0 Å². The van der Waals surface area contributed by atoms with E-state index in [0.29, 0.717) is 6.61 Å². The van der Waals surface area contributed by atoms with Crippen molar-refractivity contribution in [2.75, 3.05) is 26.9 Å². The van der Waals surface area contributed by atoms with Crippen LogP contribution in [0, 0.1) is 13.8 Å². The van der Waals surface area contributed by atoms with Crippen LogP contribution in [0.15, 0.2) is 5.38 Å². The van der Waals surface area contributed by atoms with Crippen molar-refractivity contribution >= 4 is 16.3 Å². The molecule has 0 radical (unpaired) electrons. The molecule has 1 N–H and O–H groups in total. The van der Waals surface area contributed by atoms with Gasteiger partial charge in [-0.3, -0.25) is 4.40 Å². The highest BCUT2D eigenvalue weighted by Gasteiger charge is 2.34. The van der Waals surface area contributed by atoms with Crippen LogP contribution in [0.4, 0.5) is 0 Å². The molecule has 0 bridgehead atoms. The molecule has 1 aliphatic rings. The maximum atomic E-state index is 5.64. The smallest absolute Gasteiger partial charge is 0.194 e. The van der Waals surface area contributed by atoms with Gasteiger partial charge in [-0.1, -0.05) is 0 Å². The minimum Gasteiger partial charge on any atom is -0.378 e. The maximum absolute atomic E-state index is 5.64. The van der Waals surface area contributed by atoms with Crippen LogP contribution < -0.4 is 5.32 Å². The summed E-state index contributed by atoms with van der Waals surface area (Å²) in [7, 11) is 1.77. The van der Waals surface area contributed by atoms with Crippen LogP contribution in [0.25, 0.3) is 4.96 Å². The molecule has 1 saturated heterocycles. The van der Waals surface area contributed by atoms with Crippen molar-refractivity contribution in [2.24, 2.45) is 0 Å². The fourth-order valence-electron chi connectivity index (χ4n) is 2.75. The topological polar surface area (TPSA) is 47.8 Å². The van der Waals surface area contributed by atoms with Crippen LogP contribution in [0.3, 0.4) is 0 Å². The van der Waals surface area contributed by atoms with Gasteiger partial charge in [0.05, 0.1) is 18.0 Å². The third-order valence-electron chi connectivity index (χ3n) is 4.07. The Bertz CT molecular complexity index is 599. The predicted molar refractivity (Wildman–Crippen MR) is 79.4 cm³/mol. The second-order valence-corrected chi connectivity index (χ2v) is 6.27. The number of nitrogens with zero attached hydrogens (tertiary/aromatic N) is 2. The van der Waals surface area contributed by atoms with Crippen molar-refractivity contribution < 1.29 is 9.47 Å². The zero-order chi connectivity index (χ0) is 14.2. The van der Waals surface area contributed by atoms with Gasteiger partial charge in [0.25, 0.3) is 0 Å². The number of aromatic nitrogens is 2. The Morgan fingerprint density at radius 1 is 1.55 bits per heavy atom. The first kappa shape index (κ1) is 14.0. The summed E-state index contributed by atoms with van der Waals surface area (Å²) in [5.74, 6) is 0. The van der Waals surface area contributed by atoms with E-state index in [1.165, 1.54) is 11.4 Å². The molecule has 1 fully saturated rings. The third-order valence-corrected chi connectivity index (χ3v) is 5.01. The monoisotopic (exact) mass is 295 g/mol. The molecule has 0 saturated carbocycles. The molecular formula is C14H21N3O2S. The van der Waals surface area contributed by atoms with Gasteiger partial charge in [0, 0.05) is 44.3 Å². The van der Waals surface area contributed by atoms with Gasteiger partial charge >= 0.3 is 0 Å². The lowest BCUT2D eigenvalue weighted by molar-refractivity contribution is -0.0159. The van der Waals surface area contributed by atoms with Crippen LogP contribution in [-0.4, -0.2) is 41.9 Å². The summed E-state index contributed by atoms with van der Waals surface area (Å²) in [5, 5.41) is 5.66. The van der Waals surface area contributed by atoms with E-state index >= 15 is 0 Å². The van der Waals surface area contributed by atoms with Gasteiger partial charge in [0.2, 0.25) is 0 Å². The fraction of sp³-hybridized carbons (Fsp3) is 0.643. The van der Waals surface area contributed by atoms with Crippen molar-refractivity contribution in [1.82, 2.24) is 14.7 Å². The van der Waals surface area contributed by atoms with E-state index in [1.807, 2.05) is 0 Å². The van der Waals surface area contributed by atoms with Gasteiger partial charge < -0.3 is 14.8 Å². The number of thiazole rings is 1. The van der Waals surface area contributed by atoms with E-state index in [2.05, 4.69) is 33.9 Å². The average molecular weight is 295 g/mol. The lowest BCUT2D eigenvalue weighted by atomic mass is 10.0. The molecule has 3 heterocycles. The van der Waals surface area contributed by atoms with Gasteiger partial charge in [-0.05, 0) is 13.8 Å². The van der Waals surface area contributed by atoms with E-state index in [-0.39, 0.29) is 5.60 Å². The third kappa shape index (κ3) is 2.37. The Balaban J connectivity index is 1.71. The van der Waals surface area contributed by atoms with E-state index in [0.717, 1.165) is 36.8 Å². The highest BCUT2D eigenvalue weighted by atomic mass is 32.1. The number of ether oxygens (including phenoxy) is 2. The second-order valence-electron chi connectivity index (χ2n) is 5.43. The molecule has 1 unspecified atom stereocenters. The minimum absolute atomic E-state index is 0.165. The molecule has 0 amide bonds. The first-order chi connectivity index (χ1) is 9.65. The van der Waals surface area contributed by atoms with Gasteiger partial charge in [-0.25, -0.2) is 4.98 Å². The standard InChI is InChI=1S/C14H21N3O2S/c1-10-7-20-13-16-11(2)12(17(10)13)6-15-8-14(18-3)4-5-19-9-14/h7,15H,4-6,8-9H2,1-3H3. The predicted octanol–water partition coefficient (Wildman–Crippen LogP) is 1.91. The van der Waals surface area contributed by atoms with E-state index in [1.54, 1.807) is 18.4 Å². The summed E-state index contributed by atoms with van der Waals surface area (Å²) in [5.41, 5.74) is 3.42. The molecular weight excluding hydrogens is 274 g/mol. The highest BCUT2D eigenvalue weighted by Crippen LogP contribution is 2.23. The van der Waals surface area contributed by atoms with Crippen molar-refractivity contribution in [3.05, 3.63) is 22.5 Å². The summed E-state index contributed by atoms with van der Waals surface area (Å²) in [6, 6.07) is 0. The van der Waals surface area contributed by atoms with E-state index in [4.69, 9.17) is 9.47 Å². The molecule has 0 spiro atoms. The Labute approximate surface area is 122 Å². The lowest BCUT2D eigenvalue weighted by Gasteiger charge is -2.26. The molecule has 2 aromatic heterocycles. The van der Waals surface area contributed by atoms with E-state index < -0.39 is 0 Å². The zero-order valence-electron chi connectivity index (χ0n) is 12.2. The summed E-state index contributed by atoms with van der Waals surface area (Å²) in [6.07, 6.45) is 0.953. The summed E-state index contributed by atoms with van der Waals surface area (Å²) in [4.78, 5) is 5.68. The first-order valence-corrected chi connectivity index (χ1v) is 7.79. The number of rotatable bonds is 5. The second kappa shape index (κ2) is 5.44. The summed E-state index contributed by atoms with van der Waals surface area (Å²) < 4.78 is 13.3. The molecule has 1 aliphatic heterocycles. The molecule has 3 rings (SSSR count).